The molecule has 0 bridgehead atoms. The second-order valence-corrected chi connectivity index (χ2v) is 6.51. The van der Waals surface area contributed by atoms with E-state index in [0.29, 0.717) is 32.7 Å². The Bertz CT molecular complexity index is 697. The van der Waals surface area contributed by atoms with Gasteiger partial charge in [-0.05, 0) is 38.8 Å². The number of nitrogens with zero attached hydrogens (tertiary/aromatic N) is 2. The summed E-state index contributed by atoms with van der Waals surface area (Å²) < 4.78 is 16.6. The molecule has 2 atom stereocenters. The zero-order valence-electron chi connectivity index (χ0n) is 15.2. The molecule has 0 saturated carbocycles. The first-order chi connectivity index (χ1) is 12.6. The molecule has 1 aliphatic rings. The molecule has 1 amide bonds. The van der Waals surface area contributed by atoms with Crippen molar-refractivity contribution in [1.82, 2.24) is 15.5 Å². The molecular weight excluding hydrogens is 334 g/mol. The van der Waals surface area contributed by atoms with Crippen LogP contribution >= 0.6 is 0 Å². The number of hydrogen-bond acceptors (Lipinski definition) is 6. The number of rotatable bonds is 7. The second kappa shape index (κ2) is 8.91. The van der Waals surface area contributed by atoms with E-state index < -0.39 is 0 Å². The van der Waals surface area contributed by atoms with Crippen LogP contribution in [0, 0.1) is 13.8 Å². The van der Waals surface area contributed by atoms with Gasteiger partial charge < -0.3 is 19.3 Å². The molecule has 2 aromatic heterocycles. The third kappa shape index (κ3) is 4.89. The molecule has 1 saturated heterocycles. The van der Waals surface area contributed by atoms with Gasteiger partial charge >= 0.3 is 0 Å². The molecule has 1 N–H and O–H groups in total. The lowest BCUT2D eigenvalue weighted by Gasteiger charge is -2.32. The fourth-order valence-electron chi connectivity index (χ4n) is 3.09. The van der Waals surface area contributed by atoms with Gasteiger partial charge in [-0.1, -0.05) is 11.2 Å². The van der Waals surface area contributed by atoms with E-state index in [1.165, 1.54) is 0 Å². The van der Waals surface area contributed by atoms with Gasteiger partial charge in [0.15, 0.2) is 0 Å². The zero-order valence-corrected chi connectivity index (χ0v) is 15.2. The summed E-state index contributed by atoms with van der Waals surface area (Å²) in [7, 11) is 0. The summed E-state index contributed by atoms with van der Waals surface area (Å²) >= 11 is 0. The smallest absolute Gasteiger partial charge is 0.220 e. The number of carbonyl (C=O) groups is 1. The Kier molecular flexibility index (Phi) is 6.35. The Morgan fingerprint density at radius 1 is 1.38 bits per heavy atom. The van der Waals surface area contributed by atoms with Crippen molar-refractivity contribution in [3.05, 3.63) is 47.1 Å². The number of aryl methyl sites for hydroxylation is 2. The lowest BCUT2D eigenvalue weighted by Crippen LogP contribution is -2.50. The van der Waals surface area contributed by atoms with Crippen LogP contribution in [0.25, 0.3) is 0 Å². The van der Waals surface area contributed by atoms with E-state index in [1.807, 2.05) is 32.0 Å². The van der Waals surface area contributed by atoms with Gasteiger partial charge in [-0.3, -0.25) is 9.78 Å². The molecule has 1 fully saturated rings. The highest BCUT2D eigenvalue weighted by Crippen LogP contribution is 2.16. The average molecular weight is 359 g/mol. The van der Waals surface area contributed by atoms with Gasteiger partial charge in [0.1, 0.15) is 11.9 Å². The number of carbonyl (C=O) groups excluding carboxylic acids is 1. The summed E-state index contributed by atoms with van der Waals surface area (Å²) in [5.41, 5.74) is 2.72. The maximum Gasteiger partial charge on any atom is 0.220 e. The predicted octanol–water partition coefficient (Wildman–Crippen LogP) is 2.11. The minimum absolute atomic E-state index is 0.00309. The molecule has 2 aromatic rings. The first kappa shape index (κ1) is 18.5. The molecule has 3 heterocycles. The molecule has 3 rings (SSSR count). The molecule has 0 spiro atoms. The van der Waals surface area contributed by atoms with Crippen LogP contribution < -0.4 is 5.32 Å². The van der Waals surface area contributed by atoms with Crippen LogP contribution in [0.3, 0.4) is 0 Å². The second-order valence-electron chi connectivity index (χ2n) is 6.51. The molecule has 0 unspecified atom stereocenters. The third-order valence-corrected chi connectivity index (χ3v) is 4.61. The van der Waals surface area contributed by atoms with Crippen LogP contribution in [0.1, 0.15) is 35.6 Å². The molecule has 7 nitrogen and oxygen atoms in total. The van der Waals surface area contributed by atoms with Crippen LogP contribution in [-0.4, -0.2) is 41.4 Å². The van der Waals surface area contributed by atoms with Gasteiger partial charge in [0.05, 0.1) is 30.6 Å². The Morgan fingerprint density at radius 2 is 2.27 bits per heavy atom. The summed E-state index contributed by atoms with van der Waals surface area (Å²) in [4.78, 5) is 16.6. The largest absolute Gasteiger partial charge is 0.379 e. The number of aromatic nitrogens is 2. The molecule has 140 valence electrons. The fraction of sp³-hybridized carbons (Fsp3) is 0.526. The minimum atomic E-state index is -0.172. The highest BCUT2D eigenvalue weighted by Gasteiger charge is 2.28. The Labute approximate surface area is 153 Å². The molecule has 7 heteroatoms. The summed E-state index contributed by atoms with van der Waals surface area (Å²) in [5, 5.41) is 7.02. The van der Waals surface area contributed by atoms with Crippen molar-refractivity contribution in [1.29, 1.82) is 0 Å². The van der Waals surface area contributed by atoms with Crippen LogP contribution in [0.5, 0.6) is 0 Å². The van der Waals surface area contributed by atoms with E-state index in [0.717, 1.165) is 29.1 Å². The van der Waals surface area contributed by atoms with E-state index in [-0.39, 0.29) is 18.1 Å². The normalized spacial score (nSPS) is 20.1. The van der Waals surface area contributed by atoms with Crippen molar-refractivity contribution in [3.8, 4) is 0 Å². The first-order valence-corrected chi connectivity index (χ1v) is 8.94. The zero-order chi connectivity index (χ0) is 18.4. The van der Waals surface area contributed by atoms with Crippen LogP contribution in [0.4, 0.5) is 0 Å². The van der Waals surface area contributed by atoms with Crippen molar-refractivity contribution < 1.29 is 18.8 Å². The predicted molar refractivity (Wildman–Crippen MR) is 94.5 cm³/mol. The maximum atomic E-state index is 12.4. The highest BCUT2D eigenvalue weighted by atomic mass is 16.5. The van der Waals surface area contributed by atoms with Crippen molar-refractivity contribution in [3.63, 3.8) is 0 Å². The van der Waals surface area contributed by atoms with Crippen molar-refractivity contribution in [2.75, 3.05) is 13.2 Å². The standard InChI is InChI=1S/C19H25N3O4/c1-13-16(14(2)26-22-13)6-7-19(23)21-17-8-10-24-12-18(17)25-11-15-5-3-4-9-20-15/h3-5,9,17-18H,6-8,10-12H2,1-2H3,(H,21,23)/t17-,18-/m1/s1. The molecule has 0 radical (unpaired) electrons. The van der Waals surface area contributed by atoms with Crippen molar-refractivity contribution in [2.24, 2.45) is 0 Å². The van der Waals surface area contributed by atoms with E-state index in [2.05, 4.69) is 15.5 Å². The Balaban J connectivity index is 1.50. The molecule has 26 heavy (non-hydrogen) atoms. The van der Waals surface area contributed by atoms with E-state index in [4.69, 9.17) is 14.0 Å². The Morgan fingerprint density at radius 3 is 3.00 bits per heavy atom. The number of amides is 1. The van der Waals surface area contributed by atoms with E-state index in [1.54, 1.807) is 6.20 Å². The SMILES string of the molecule is Cc1noc(C)c1CCC(=O)N[C@@H]1CCOC[C@H]1OCc1ccccn1. The third-order valence-electron chi connectivity index (χ3n) is 4.61. The molecule has 0 aromatic carbocycles. The maximum absolute atomic E-state index is 12.4. The number of hydrogen-bond donors (Lipinski definition) is 1. The van der Waals surface area contributed by atoms with Crippen LogP contribution in [0.2, 0.25) is 0 Å². The van der Waals surface area contributed by atoms with Gasteiger partial charge in [0.25, 0.3) is 0 Å². The summed E-state index contributed by atoms with van der Waals surface area (Å²) in [6.45, 7) is 5.26. The van der Waals surface area contributed by atoms with Crippen molar-refractivity contribution in [2.45, 2.75) is 51.9 Å². The fourth-order valence-corrected chi connectivity index (χ4v) is 3.09. The molecule has 1 aliphatic heterocycles. The minimum Gasteiger partial charge on any atom is -0.379 e. The van der Waals surface area contributed by atoms with Gasteiger partial charge in [0, 0.05) is 24.8 Å². The molecule has 0 aliphatic carbocycles. The van der Waals surface area contributed by atoms with Gasteiger partial charge in [-0.15, -0.1) is 0 Å². The number of nitrogens with one attached hydrogen (secondary N) is 1. The van der Waals surface area contributed by atoms with E-state index >= 15 is 0 Å². The monoisotopic (exact) mass is 359 g/mol. The summed E-state index contributed by atoms with van der Waals surface area (Å²) in [6.07, 6.45) is 3.32. The average Bonchev–Trinajstić information content (AvgIpc) is 2.98. The lowest BCUT2D eigenvalue weighted by atomic mass is 10.0. The van der Waals surface area contributed by atoms with Gasteiger partial charge in [-0.2, -0.15) is 0 Å². The van der Waals surface area contributed by atoms with Gasteiger partial charge in [-0.25, -0.2) is 0 Å². The topological polar surface area (TPSA) is 86.5 Å². The van der Waals surface area contributed by atoms with Crippen molar-refractivity contribution >= 4 is 5.91 Å². The summed E-state index contributed by atoms with van der Waals surface area (Å²) in [6, 6.07) is 5.66. The highest BCUT2D eigenvalue weighted by molar-refractivity contribution is 5.76. The van der Waals surface area contributed by atoms with E-state index in [9.17, 15) is 4.79 Å². The number of pyridine rings is 1. The lowest BCUT2D eigenvalue weighted by molar-refractivity contribution is -0.126. The Hall–Kier alpha value is -2.25. The quantitative estimate of drug-likeness (QED) is 0.815. The number of ether oxygens (including phenoxy) is 2. The van der Waals surface area contributed by atoms with Crippen LogP contribution in [-0.2, 0) is 27.3 Å². The first-order valence-electron chi connectivity index (χ1n) is 8.94. The van der Waals surface area contributed by atoms with Gasteiger partial charge in [0.2, 0.25) is 5.91 Å². The molecular formula is C19H25N3O4. The van der Waals surface area contributed by atoms with Crippen LogP contribution in [0.15, 0.2) is 28.9 Å². The summed E-state index contributed by atoms with van der Waals surface area (Å²) in [5.74, 6) is 0.779.